The zero-order valence-electron chi connectivity index (χ0n) is 17.2. The molecule has 0 aliphatic carbocycles. The molecule has 3 nitrogen and oxygen atoms in total. The lowest BCUT2D eigenvalue weighted by Crippen LogP contribution is -2.20. The van der Waals surface area contributed by atoms with Crippen LogP contribution in [0.5, 0.6) is 0 Å². The first kappa shape index (κ1) is 19.9. The molecule has 0 fully saturated rings. The molecular formula is C25H29NO2. The van der Waals surface area contributed by atoms with Crippen molar-refractivity contribution in [1.82, 2.24) is 4.57 Å². The highest BCUT2D eigenvalue weighted by Gasteiger charge is 2.27. The van der Waals surface area contributed by atoms with E-state index in [4.69, 9.17) is 4.74 Å². The van der Waals surface area contributed by atoms with E-state index >= 15 is 0 Å². The van der Waals surface area contributed by atoms with Crippen molar-refractivity contribution in [3.8, 4) is 0 Å². The average Bonchev–Trinajstić information content (AvgIpc) is 3.06. The van der Waals surface area contributed by atoms with Gasteiger partial charge in [0, 0.05) is 23.3 Å². The third kappa shape index (κ3) is 4.53. The molecule has 0 spiro atoms. The van der Waals surface area contributed by atoms with Crippen molar-refractivity contribution in [1.29, 1.82) is 0 Å². The van der Waals surface area contributed by atoms with E-state index in [0.717, 1.165) is 30.8 Å². The van der Waals surface area contributed by atoms with Gasteiger partial charge in [-0.2, -0.15) is 0 Å². The number of carbonyl (C=O) groups is 1. The maximum Gasteiger partial charge on any atom is 0.339 e. The molecule has 3 heteroatoms. The molecule has 0 radical (unpaired) electrons. The Kier molecular flexibility index (Phi) is 6.03. The zero-order chi connectivity index (χ0) is 20.1. The third-order valence-electron chi connectivity index (χ3n) is 5.06. The van der Waals surface area contributed by atoms with E-state index in [-0.39, 0.29) is 11.4 Å². The molecule has 0 N–H and O–H groups in total. The average molecular weight is 376 g/mol. The number of benzene rings is 2. The molecule has 0 amide bonds. The van der Waals surface area contributed by atoms with Crippen LogP contribution in [0.4, 0.5) is 0 Å². The second-order valence-electron chi connectivity index (χ2n) is 8.19. The van der Waals surface area contributed by atoms with Gasteiger partial charge >= 0.3 is 5.97 Å². The summed E-state index contributed by atoms with van der Waals surface area (Å²) in [5.74, 6) is -0.264. The molecule has 3 rings (SSSR count). The Labute approximate surface area is 168 Å². The fraction of sp³-hybridized carbons (Fsp3) is 0.320. The highest BCUT2D eigenvalue weighted by molar-refractivity contribution is 5.91. The van der Waals surface area contributed by atoms with Crippen LogP contribution in [0.3, 0.4) is 0 Å². The van der Waals surface area contributed by atoms with Crippen LogP contribution in [0, 0.1) is 0 Å². The molecule has 0 saturated heterocycles. The van der Waals surface area contributed by atoms with Crippen LogP contribution in [-0.2, 0) is 29.5 Å². The number of rotatable bonds is 6. The van der Waals surface area contributed by atoms with Crippen LogP contribution in [-0.4, -0.2) is 17.6 Å². The lowest BCUT2D eigenvalue weighted by atomic mass is 9.91. The normalized spacial score (nSPS) is 11.4. The van der Waals surface area contributed by atoms with Gasteiger partial charge in [-0.25, -0.2) is 4.79 Å². The minimum atomic E-state index is -0.264. The molecule has 0 aliphatic rings. The van der Waals surface area contributed by atoms with Crippen molar-refractivity contribution in [2.45, 2.75) is 45.6 Å². The monoisotopic (exact) mass is 375 g/mol. The van der Waals surface area contributed by atoms with Gasteiger partial charge in [0.1, 0.15) is 0 Å². The van der Waals surface area contributed by atoms with Gasteiger partial charge in [-0.3, -0.25) is 0 Å². The van der Waals surface area contributed by atoms with Gasteiger partial charge in [0.25, 0.3) is 0 Å². The summed E-state index contributed by atoms with van der Waals surface area (Å²) >= 11 is 0. The Morgan fingerprint density at radius 1 is 0.893 bits per heavy atom. The standard InChI is InChI=1S/C25H29NO2/c1-25(2,3)23-17-21(24(27)28-4)22(16-15-19-11-7-5-8-12-19)26(23)18-20-13-9-6-10-14-20/h5-14,17H,15-16,18H2,1-4H3. The first-order valence-corrected chi connectivity index (χ1v) is 9.79. The van der Waals surface area contributed by atoms with Gasteiger partial charge in [-0.05, 0) is 30.0 Å². The van der Waals surface area contributed by atoms with Gasteiger partial charge in [-0.15, -0.1) is 0 Å². The summed E-state index contributed by atoms with van der Waals surface area (Å²) in [7, 11) is 1.45. The highest BCUT2D eigenvalue weighted by Crippen LogP contribution is 2.30. The zero-order valence-corrected chi connectivity index (χ0v) is 17.2. The van der Waals surface area contributed by atoms with Crippen LogP contribution in [0.25, 0.3) is 0 Å². The van der Waals surface area contributed by atoms with Crippen LogP contribution < -0.4 is 0 Å². The van der Waals surface area contributed by atoms with Gasteiger partial charge in [0.15, 0.2) is 0 Å². The molecule has 1 heterocycles. The fourth-order valence-corrected chi connectivity index (χ4v) is 3.62. The van der Waals surface area contributed by atoms with Crippen molar-refractivity contribution in [3.63, 3.8) is 0 Å². The van der Waals surface area contributed by atoms with Crippen molar-refractivity contribution in [2.75, 3.05) is 7.11 Å². The van der Waals surface area contributed by atoms with Gasteiger partial charge in [0.2, 0.25) is 0 Å². The van der Waals surface area contributed by atoms with E-state index in [1.807, 2.05) is 18.2 Å². The lowest BCUT2D eigenvalue weighted by Gasteiger charge is -2.23. The van der Waals surface area contributed by atoms with E-state index < -0.39 is 0 Å². The quantitative estimate of drug-likeness (QED) is 0.540. The Morgan fingerprint density at radius 2 is 1.46 bits per heavy atom. The second kappa shape index (κ2) is 8.47. The van der Waals surface area contributed by atoms with E-state index in [0.29, 0.717) is 5.56 Å². The molecular weight excluding hydrogens is 346 g/mol. The number of hydrogen-bond acceptors (Lipinski definition) is 2. The Morgan fingerprint density at radius 3 is 2.00 bits per heavy atom. The summed E-state index contributed by atoms with van der Waals surface area (Å²) in [5, 5.41) is 0. The lowest BCUT2D eigenvalue weighted by molar-refractivity contribution is 0.0599. The van der Waals surface area contributed by atoms with E-state index in [2.05, 4.69) is 73.9 Å². The summed E-state index contributed by atoms with van der Waals surface area (Å²) < 4.78 is 7.42. The summed E-state index contributed by atoms with van der Waals surface area (Å²) in [6.07, 6.45) is 1.67. The van der Waals surface area contributed by atoms with Gasteiger partial charge in [-0.1, -0.05) is 81.4 Å². The smallest absolute Gasteiger partial charge is 0.339 e. The highest BCUT2D eigenvalue weighted by atomic mass is 16.5. The molecule has 0 atom stereocenters. The first-order chi connectivity index (χ1) is 13.4. The minimum absolute atomic E-state index is 0.0808. The maximum atomic E-state index is 12.6. The summed E-state index contributed by atoms with van der Waals surface area (Å²) in [6, 6.07) is 22.8. The summed E-state index contributed by atoms with van der Waals surface area (Å²) in [4.78, 5) is 12.6. The SMILES string of the molecule is COC(=O)c1cc(C(C)(C)C)n(Cc2ccccc2)c1CCc1ccccc1. The predicted molar refractivity (Wildman–Crippen MR) is 114 cm³/mol. The Bertz CT molecular complexity index is 918. The predicted octanol–water partition coefficient (Wildman–Crippen LogP) is 5.41. The van der Waals surface area contributed by atoms with Crippen LogP contribution >= 0.6 is 0 Å². The van der Waals surface area contributed by atoms with Crippen molar-refractivity contribution >= 4 is 5.97 Å². The minimum Gasteiger partial charge on any atom is -0.465 e. The van der Waals surface area contributed by atoms with Crippen LogP contribution in [0.1, 0.15) is 53.6 Å². The molecule has 0 aliphatic heterocycles. The van der Waals surface area contributed by atoms with Gasteiger partial charge in [0.05, 0.1) is 12.7 Å². The Balaban J connectivity index is 2.06. The number of carbonyl (C=O) groups excluding carboxylic acids is 1. The third-order valence-corrected chi connectivity index (χ3v) is 5.06. The molecule has 0 unspecified atom stereocenters. The number of ether oxygens (including phenoxy) is 1. The number of aryl methyl sites for hydroxylation is 1. The van der Waals surface area contributed by atoms with Crippen molar-refractivity contribution in [3.05, 3.63) is 94.8 Å². The fourth-order valence-electron chi connectivity index (χ4n) is 3.62. The molecule has 146 valence electrons. The van der Waals surface area contributed by atoms with Crippen molar-refractivity contribution in [2.24, 2.45) is 0 Å². The molecule has 2 aromatic carbocycles. The molecule has 0 saturated carbocycles. The molecule has 28 heavy (non-hydrogen) atoms. The maximum absolute atomic E-state index is 12.6. The number of esters is 1. The van der Waals surface area contributed by atoms with Gasteiger partial charge < -0.3 is 9.30 Å². The number of aromatic nitrogens is 1. The van der Waals surface area contributed by atoms with E-state index in [9.17, 15) is 4.79 Å². The van der Waals surface area contributed by atoms with Crippen LogP contribution in [0.15, 0.2) is 66.7 Å². The number of hydrogen-bond donors (Lipinski definition) is 0. The summed E-state index contributed by atoms with van der Waals surface area (Å²) in [6.45, 7) is 7.30. The van der Waals surface area contributed by atoms with Crippen LogP contribution in [0.2, 0.25) is 0 Å². The second-order valence-corrected chi connectivity index (χ2v) is 8.19. The van der Waals surface area contributed by atoms with E-state index in [1.165, 1.54) is 18.2 Å². The largest absolute Gasteiger partial charge is 0.465 e. The van der Waals surface area contributed by atoms with E-state index in [1.54, 1.807) is 0 Å². The number of methoxy groups -OCH3 is 1. The molecule has 3 aromatic rings. The number of nitrogens with zero attached hydrogens (tertiary/aromatic N) is 1. The first-order valence-electron chi connectivity index (χ1n) is 9.79. The summed E-state index contributed by atoms with van der Waals surface area (Å²) in [5.41, 5.74) is 5.29. The Hall–Kier alpha value is -2.81. The van der Waals surface area contributed by atoms with Crippen molar-refractivity contribution < 1.29 is 9.53 Å². The molecule has 1 aromatic heterocycles. The molecule has 0 bridgehead atoms. The topological polar surface area (TPSA) is 31.2 Å².